The summed E-state index contributed by atoms with van der Waals surface area (Å²) in [5.74, 6) is 0.272. The minimum Gasteiger partial charge on any atom is -0.769 e. The van der Waals surface area contributed by atoms with E-state index < -0.39 is 5.23 Å². The summed E-state index contributed by atoms with van der Waals surface area (Å²) in [6.07, 6.45) is 0. The van der Waals surface area contributed by atoms with E-state index in [4.69, 9.17) is 14.8 Å². The van der Waals surface area contributed by atoms with E-state index in [0.717, 1.165) is 0 Å². The SMILES string of the molecule is [O-]N([O-])c1cccc(-c2nnc(-c3cccc(N(O)O)c3)o2)c1. The molecule has 0 aliphatic carbocycles. The van der Waals surface area contributed by atoms with Gasteiger partial charge < -0.3 is 20.1 Å². The summed E-state index contributed by atoms with van der Waals surface area (Å²) < 4.78 is 5.50. The van der Waals surface area contributed by atoms with Gasteiger partial charge in [-0.2, -0.15) is 0 Å². The normalized spacial score (nSPS) is 10.6. The van der Waals surface area contributed by atoms with Gasteiger partial charge in [-0.1, -0.05) is 12.1 Å². The second kappa shape index (κ2) is 6.02. The lowest BCUT2D eigenvalue weighted by Gasteiger charge is -2.37. The summed E-state index contributed by atoms with van der Waals surface area (Å²) in [7, 11) is 0. The highest BCUT2D eigenvalue weighted by Gasteiger charge is 2.12. The number of hydrogen-bond donors (Lipinski definition) is 2. The lowest BCUT2D eigenvalue weighted by atomic mass is 10.2. The van der Waals surface area contributed by atoms with Crippen molar-refractivity contribution in [2.75, 3.05) is 10.5 Å². The predicted molar refractivity (Wildman–Crippen MR) is 80.4 cm³/mol. The molecule has 0 fully saturated rings. The van der Waals surface area contributed by atoms with Gasteiger partial charge in [-0.05, 0) is 36.4 Å². The Morgan fingerprint density at radius 1 is 0.826 bits per heavy atom. The molecule has 0 radical (unpaired) electrons. The number of anilines is 2. The zero-order valence-electron chi connectivity index (χ0n) is 11.5. The second-order valence-electron chi connectivity index (χ2n) is 4.56. The van der Waals surface area contributed by atoms with Crippen LogP contribution in [0.5, 0.6) is 0 Å². The van der Waals surface area contributed by atoms with Crippen LogP contribution in [0.2, 0.25) is 0 Å². The zero-order valence-corrected chi connectivity index (χ0v) is 11.5. The van der Waals surface area contributed by atoms with Crippen molar-refractivity contribution >= 4 is 11.4 Å². The molecular weight excluding hydrogens is 304 g/mol. The first-order valence-electron chi connectivity index (χ1n) is 6.41. The van der Waals surface area contributed by atoms with Crippen LogP contribution in [0.3, 0.4) is 0 Å². The van der Waals surface area contributed by atoms with Gasteiger partial charge in [-0.25, -0.2) is 0 Å². The van der Waals surface area contributed by atoms with Crippen molar-refractivity contribution in [2.45, 2.75) is 0 Å². The van der Waals surface area contributed by atoms with E-state index in [2.05, 4.69) is 10.2 Å². The average Bonchev–Trinajstić information content (AvgIpc) is 3.05. The van der Waals surface area contributed by atoms with Crippen molar-refractivity contribution in [3.05, 3.63) is 58.9 Å². The standard InChI is InChI=1S/C14H10N4O5/c19-17(20)11-5-1-3-9(7-11)13-15-16-14(23-13)10-4-2-6-12(8-10)18(21)22/h1-8,19-20H/q-2. The summed E-state index contributed by atoms with van der Waals surface area (Å²) in [4.78, 5) is 0. The van der Waals surface area contributed by atoms with Crippen LogP contribution in [0.15, 0.2) is 52.9 Å². The van der Waals surface area contributed by atoms with Gasteiger partial charge in [0.05, 0.1) is 5.69 Å². The molecule has 0 atom stereocenters. The van der Waals surface area contributed by atoms with Crippen molar-refractivity contribution in [3.63, 3.8) is 0 Å². The van der Waals surface area contributed by atoms with E-state index in [0.29, 0.717) is 11.1 Å². The van der Waals surface area contributed by atoms with E-state index in [9.17, 15) is 10.4 Å². The van der Waals surface area contributed by atoms with Crippen molar-refractivity contribution in [1.82, 2.24) is 10.2 Å². The molecule has 118 valence electrons. The van der Waals surface area contributed by atoms with Gasteiger partial charge >= 0.3 is 0 Å². The molecule has 1 heterocycles. The molecule has 0 spiro atoms. The van der Waals surface area contributed by atoms with Gasteiger partial charge in [0, 0.05) is 16.8 Å². The van der Waals surface area contributed by atoms with Crippen molar-refractivity contribution in [1.29, 1.82) is 0 Å². The Hall–Kier alpha value is -2.98. The molecule has 3 rings (SSSR count). The van der Waals surface area contributed by atoms with Crippen LogP contribution in [-0.4, -0.2) is 20.6 Å². The topological polar surface area (TPSA) is 132 Å². The van der Waals surface area contributed by atoms with Crippen LogP contribution in [0.1, 0.15) is 0 Å². The number of aromatic nitrogens is 2. The van der Waals surface area contributed by atoms with Crippen LogP contribution in [0.4, 0.5) is 11.4 Å². The van der Waals surface area contributed by atoms with E-state index in [1.807, 2.05) is 0 Å². The van der Waals surface area contributed by atoms with Gasteiger partial charge in [0.15, 0.2) is 0 Å². The van der Waals surface area contributed by atoms with E-state index in [1.165, 1.54) is 30.3 Å². The van der Waals surface area contributed by atoms with Crippen molar-refractivity contribution < 1.29 is 14.8 Å². The molecule has 2 N–H and O–H groups in total. The molecule has 3 aromatic rings. The van der Waals surface area contributed by atoms with Crippen molar-refractivity contribution in [3.8, 4) is 22.9 Å². The minimum atomic E-state index is -0.513. The predicted octanol–water partition coefficient (Wildman–Crippen LogP) is 2.79. The number of hydrogen-bond acceptors (Lipinski definition) is 9. The Kier molecular flexibility index (Phi) is 3.91. The highest BCUT2D eigenvalue weighted by atomic mass is 16.8. The zero-order chi connectivity index (χ0) is 16.4. The molecule has 9 nitrogen and oxygen atoms in total. The molecular formula is C14H10N4O5-2. The Morgan fingerprint density at radius 2 is 1.35 bits per heavy atom. The van der Waals surface area contributed by atoms with Gasteiger partial charge in [-0.3, -0.25) is 10.4 Å². The van der Waals surface area contributed by atoms with Gasteiger partial charge in [0.2, 0.25) is 11.8 Å². The maximum absolute atomic E-state index is 10.8. The Balaban J connectivity index is 1.94. The molecule has 1 aromatic heterocycles. The first-order valence-corrected chi connectivity index (χ1v) is 6.41. The third kappa shape index (κ3) is 3.12. The summed E-state index contributed by atoms with van der Waals surface area (Å²) in [6.45, 7) is 0. The summed E-state index contributed by atoms with van der Waals surface area (Å²) in [5, 5.41) is 46.8. The maximum atomic E-state index is 10.8. The third-order valence-corrected chi connectivity index (χ3v) is 3.05. The van der Waals surface area contributed by atoms with E-state index in [1.54, 1.807) is 18.2 Å². The number of rotatable bonds is 4. The fourth-order valence-corrected chi connectivity index (χ4v) is 1.97. The van der Waals surface area contributed by atoms with E-state index >= 15 is 0 Å². The second-order valence-corrected chi connectivity index (χ2v) is 4.56. The highest BCUT2D eigenvalue weighted by Crippen LogP contribution is 2.28. The molecule has 0 saturated carbocycles. The molecule has 2 aromatic carbocycles. The molecule has 0 aliphatic rings. The fourth-order valence-electron chi connectivity index (χ4n) is 1.97. The summed E-state index contributed by atoms with van der Waals surface area (Å²) in [6, 6.07) is 12.0. The molecule has 0 aliphatic heterocycles. The fraction of sp³-hybridized carbons (Fsp3) is 0. The smallest absolute Gasteiger partial charge is 0.248 e. The van der Waals surface area contributed by atoms with Gasteiger partial charge in [0.25, 0.3) is 0 Å². The Morgan fingerprint density at radius 3 is 1.87 bits per heavy atom. The quantitative estimate of drug-likeness (QED) is 0.697. The largest absolute Gasteiger partial charge is 0.769 e. The van der Waals surface area contributed by atoms with E-state index in [-0.39, 0.29) is 28.4 Å². The first kappa shape index (κ1) is 14.9. The lowest BCUT2D eigenvalue weighted by molar-refractivity contribution is 0.0292. The molecule has 0 amide bonds. The van der Waals surface area contributed by atoms with Crippen LogP contribution < -0.4 is 10.5 Å². The minimum absolute atomic E-state index is 0.0265. The van der Waals surface area contributed by atoms with Crippen LogP contribution >= 0.6 is 0 Å². The van der Waals surface area contributed by atoms with Crippen LogP contribution in [0, 0.1) is 10.4 Å². The summed E-state index contributed by atoms with van der Waals surface area (Å²) in [5.41, 5.74) is 0.929. The molecule has 0 saturated heterocycles. The van der Waals surface area contributed by atoms with Gasteiger partial charge in [0.1, 0.15) is 0 Å². The van der Waals surface area contributed by atoms with Gasteiger partial charge in [-0.15, -0.1) is 15.4 Å². The average molecular weight is 314 g/mol. The van der Waals surface area contributed by atoms with Crippen LogP contribution in [-0.2, 0) is 0 Å². The van der Waals surface area contributed by atoms with Crippen LogP contribution in [0.25, 0.3) is 22.9 Å². The molecule has 0 bridgehead atoms. The molecule has 23 heavy (non-hydrogen) atoms. The lowest BCUT2D eigenvalue weighted by Crippen LogP contribution is -2.10. The molecule has 0 unspecified atom stereocenters. The first-order chi connectivity index (χ1) is 11.0. The van der Waals surface area contributed by atoms with Crippen molar-refractivity contribution in [2.24, 2.45) is 0 Å². The number of nitrogens with zero attached hydrogens (tertiary/aromatic N) is 4. The number of benzene rings is 2. The molecule has 9 heteroatoms. The monoisotopic (exact) mass is 314 g/mol. The summed E-state index contributed by atoms with van der Waals surface area (Å²) >= 11 is 0. The Labute approximate surface area is 129 Å². The maximum Gasteiger partial charge on any atom is 0.248 e. The Bertz CT molecular complexity index is 752. The highest BCUT2D eigenvalue weighted by molar-refractivity contribution is 5.65. The third-order valence-electron chi connectivity index (χ3n) is 3.05.